The number of benzene rings is 1. The molecule has 2 rings (SSSR count). The van der Waals surface area contributed by atoms with Gasteiger partial charge in [-0.2, -0.15) is 0 Å². The molecule has 1 aliphatic carbocycles. The number of hydrogen-bond acceptors (Lipinski definition) is 2. The first kappa shape index (κ1) is 12.4. The molecule has 0 aromatic heterocycles. The molecule has 0 radical (unpaired) electrons. The maximum atomic E-state index is 13.6. The maximum absolute atomic E-state index is 13.6. The van der Waals surface area contributed by atoms with Crippen molar-refractivity contribution in [2.24, 2.45) is 5.73 Å². The molecule has 1 saturated carbocycles. The van der Waals surface area contributed by atoms with E-state index in [9.17, 15) is 4.39 Å². The molecule has 3 N–H and O–H groups in total. The van der Waals surface area contributed by atoms with Crippen LogP contribution in [-0.2, 0) is 0 Å². The minimum atomic E-state index is -0.190. The Balaban J connectivity index is 2.15. The van der Waals surface area contributed by atoms with Crippen LogP contribution in [0.2, 0.25) is 0 Å². The Morgan fingerprint density at radius 3 is 2.35 bits per heavy atom. The van der Waals surface area contributed by atoms with Crippen LogP contribution in [0.5, 0.6) is 0 Å². The van der Waals surface area contributed by atoms with Gasteiger partial charge in [0.1, 0.15) is 5.82 Å². The summed E-state index contributed by atoms with van der Waals surface area (Å²) >= 11 is 0. The number of nitrogens with two attached hydrogens (primary N) is 1. The fourth-order valence-corrected chi connectivity index (χ4v) is 2.63. The van der Waals surface area contributed by atoms with E-state index >= 15 is 0 Å². The fraction of sp³-hybridized carbons (Fsp3) is 0.571. The van der Waals surface area contributed by atoms with Gasteiger partial charge in [0.25, 0.3) is 0 Å². The van der Waals surface area contributed by atoms with Gasteiger partial charge >= 0.3 is 0 Å². The molecule has 0 aliphatic heterocycles. The van der Waals surface area contributed by atoms with Crippen LogP contribution in [0, 0.1) is 5.82 Å². The monoisotopic (exact) mass is 236 g/mol. The van der Waals surface area contributed by atoms with Gasteiger partial charge in [-0.3, -0.25) is 0 Å². The van der Waals surface area contributed by atoms with Crippen molar-refractivity contribution in [2.45, 2.75) is 44.1 Å². The van der Waals surface area contributed by atoms with Crippen LogP contribution in [-0.4, -0.2) is 12.1 Å². The Labute approximate surface area is 102 Å². The lowest BCUT2D eigenvalue weighted by Crippen LogP contribution is -2.45. The molecule has 1 fully saturated rings. The van der Waals surface area contributed by atoms with Crippen molar-refractivity contribution in [1.29, 1.82) is 0 Å². The topological polar surface area (TPSA) is 38.0 Å². The SMILES string of the molecule is NCC1(Nc2ccccc2F)CCCCCC1. The first-order chi connectivity index (χ1) is 8.26. The molecule has 0 saturated heterocycles. The van der Waals surface area contributed by atoms with Crippen molar-refractivity contribution in [3.8, 4) is 0 Å². The quantitative estimate of drug-likeness (QED) is 0.790. The molecule has 1 aromatic carbocycles. The molecule has 0 atom stereocenters. The lowest BCUT2D eigenvalue weighted by atomic mass is 9.90. The van der Waals surface area contributed by atoms with Gasteiger partial charge in [-0.1, -0.05) is 37.8 Å². The van der Waals surface area contributed by atoms with E-state index in [1.165, 1.54) is 31.7 Å². The molecule has 17 heavy (non-hydrogen) atoms. The molecular formula is C14H21FN2. The summed E-state index contributed by atoms with van der Waals surface area (Å²) in [6, 6.07) is 6.84. The highest BCUT2D eigenvalue weighted by atomic mass is 19.1. The highest BCUT2D eigenvalue weighted by Gasteiger charge is 2.29. The molecule has 1 aliphatic rings. The van der Waals surface area contributed by atoms with Gasteiger partial charge in [0, 0.05) is 12.1 Å². The second kappa shape index (κ2) is 5.50. The number of nitrogens with one attached hydrogen (secondary N) is 1. The second-order valence-electron chi connectivity index (χ2n) is 5.00. The van der Waals surface area contributed by atoms with Crippen LogP contribution >= 0.6 is 0 Å². The Morgan fingerprint density at radius 1 is 1.12 bits per heavy atom. The first-order valence-electron chi connectivity index (χ1n) is 6.49. The zero-order valence-electron chi connectivity index (χ0n) is 10.2. The van der Waals surface area contributed by atoms with Gasteiger partial charge in [-0.15, -0.1) is 0 Å². The third-order valence-electron chi connectivity index (χ3n) is 3.73. The van der Waals surface area contributed by atoms with E-state index in [1.54, 1.807) is 12.1 Å². The van der Waals surface area contributed by atoms with Crippen molar-refractivity contribution in [1.82, 2.24) is 0 Å². The lowest BCUT2D eigenvalue weighted by Gasteiger charge is -2.34. The van der Waals surface area contributed by atoms with Crippen LogP contribution in [0.1, 0.15) is 38.5 Å². The summed E-state index contributed by atoms with van der Waals surface area (Å²) in [6.45, 7) is 0.571. The van der Waals surface area contributed by atoms with Crippen LogP contribution in [0.25, 0.3) is 0 Å². The summed E-state index contributed by atoms with van der Waals surface area (Å²) in [5, 5.41) is 3.35. The smallest absolute Gasteiger partial charge is 0.146 e. The summed E-state index contributed by atoms with van der Waals surface area (Å²) in [5.74, 6) is -0.190. The Bertz CT molecular complexity index is 357. The minimum absolute atomic E-state index is 0.112. The Kier molecular flexibility index (Phi) is 4.00. The van der Waals surface area contributed by atoms with Gasteiger partial charge in [-0.05, 0) is 25.0 Å². The van der Waals surface area contributed by atoms with Crippen molar-refractivity contribution < 1.29 is 4.39 Å². The number of anilines is 1. The summed E-state index contributed by atoms with van der Waals surface area (Å²) in [4.78, 5) is 0. The summed E-state index contributed by atoms with van der Waals surface area (Å²) in [6.07, 6.45) is 6.97. The van der Waals surface area contributed by atoms with Gasteiger partial charge in [0.05, 0.1) is 5.69 Å². The number of rotatable bonds is 3. The summed E-state index contributed by atoms with van der Waals surface area (Å²) in [7, 11) is 0. The Hall–Kier alpha value is -1.09. The first-order valence-corrected chi connectivity index (χ1v) is 6.49. The molecule has 0 heterocycles. The Morgan fingerprint density at radius 2 is 1.76 bits per heavy atom. The largest absolute Gasteiger partial charge is 0.376 e. The van der Waals surface area contributed by atoms with E-state index < -0.39 is 0 Å². The van der Waals surface area contributed by atoms with Crippen molar-refractivity contribution >= 4 is 5.69 Å². The van der Waals surface area contributed by atoms with Gasteiger partial charge in [0.2, 0.25) is 0 Å². The highest BCUT2D eigenvalue weighted by molar-refractivity contribution is 5.47. The fourth-order valence-electron chi connectivity index (χ4n) is 2.63. The third-order valence-corrected chi connectivity index (χ3v) is 3.73. The molecule has 0 spiro atoms. The van der Waals surface area contributed by atoms with Crippen molar-refractivity contribution in [2.75, 3.05) is 11.9 Å². The van der Waals surface area contributed by atoms with Gasteiger partial charge < -0.3 is 11.1 Å². The molecular weight excluding hydrogens is 215 g/mol. The second-order valence-corrected chi connectivity index (χ2v) is 5.00. The summed E-state index contributed by atoms with van der Waals surface area (Å²) in [5.41, 5.74) is 6.39. The van der Waals surface area contributed by atoms with Crippen LogP contribution in [0.15, 0.2) is 24.3 Å². The normalized spacial score (nSPS) is 19.6. The zero-order valence-corrected chi connectivity index (χ0v) is 10.2. The molecule has 1 aromatic rings. The third kappa shape index (κ3) is 2.97. The van der Waals surface area contributed by atoms with Gasteiger partial charge in [0.15, 0.2) is 0 Å². The predicted molar refractivity (Wildman–Crippen MR) is 69.5 cm³/mol. The standard InChI is InChI=1S/C14H21FN2/c15-12-7-3-4-8-13(12)17-14(11-16)9-5-1-2-6-10-14/h3-4,7-8,17H,1-2,5-6,9-11,16H2. The predicted octanol–water partition coefficient (Wildman–Crippen LogP) is 3.29. The number of hydrogen-bond donors (Lipinski definition) is 2. The average Bonchev–Trinajstić information content (AvgIpc) is 2.58. The van der Waals surface area contributed by atoms with E-state index in [2.05, 4.69) is 5.32 Å². The number of para-hydroxylation sites is 1. The van der Waals surface area contributed by atoms with Crippen LogP contribution < -0.4 is 11.1 Å². The van der Waals surface area contributed by atoms with Crippen LogP contribution in [0.4, 0.5) is 10.1 Å². The molecule has 0 bridgehead atoms. The van der Waals surface area contributed by atoms with E-state index in [0.29, 0.717) is 12.2 Å². The van der Waals surface area contributed by atoms with E-state index in [1.807, 2.05) is 6.07 Å². The van der Waals surface area contributed by atoms with E-state index in [0.717, 1.165) is 12.8 Å². The summed E-state index contributed by atoms with van der Waals surface area (Å²) < 4.78 is 13.6. The molecule has 94 valence electrons. The van der Waals surface area contributed by atoms with Gasteiger partial charge in [-0.25, -0.2) is 4.39 Å². The molecule has 2 nitrogen and oxygen atoms in total. The van der Waals surface area contributed by atoms with Crippen molar-refractivity contribution in [3.05, 3.63) is 30.1 Å². The minimum Gasteiger partial charge on any atom is -0.376 e. The maximum Gasteiger partial charge on any atom is 0.146 e. The molecule has 0 amide bonds. The van der Waals surface area contributed by atoms with Crippen LogP contribution in [0.3, 0.4) is 0 Å². The highest BCUT2D eigenvalue weighted by Crippen LogP contribution is 2.30. The van der Waals surface area contributed by atoms with Crippen molar-refractivity contribution in [3.63, 3.8) is 0 Å². The average molecular weight is 236 g/mol. The van der Waals surface area contributed by atoms with E-state index in [4.69, 9.17) is 5.73 Å². The zero-order chi connectivity index (χ0) is 12.1. The lowest BCUT2D eigenvalue weighted by molar-refractivity contribution is 0.415. The van der Waals surface area contributed by atoms with E-state index in [-0.39, 0.29) is 11.4 Å². The number of halogens is 1. The molecule has 0 unspecified atom stereocenters. The molecule has 3 heteroatoms.